The number of alkyl halides is 1. The van der Waals surface area contributed by atoms with Gasteiger partial charge >= 0.3 is 0 Å². The first-order chi connectivity index (χ1) is 4.36. The molecule has 0 unspecified atom stereocenters. The van der Waals surface area contributed by atoms with Gasteiger partial charge < -0.3 is 4.74 Å². The molecule has 1 aliphatic rings. The Balaban J connectivity index is 1.98. The molecule has 0 aliphatic heterocycles. The maximum Gasteiger partial charge on any atom is 0.0490 e. The van der Waals surface area contributed by atoms with Gasteiger partial charge in [-0.05, 0) is 24.7 Å². The van der Waals surface area contributed by atoms with Gasteiger partial charge in [-0.2, -0.15) is 0 Å². The summed E-state index contributed by atoms with van der Waals surface area (Å²) >= 11 is 3.46. The Morgan fingerprint density at radius 2 is 2.11 bits per heavy atom. The van der Waals surface area contributed by atoms with Gasteiger partial charge in [0.1, 0.15) is 0 Å². The normalized spacial score (nSPS) is 34.0. The molecule has 0 aromatic heterocycles. The second-order valence-electron chi connectivity index (χ2n) is 2.81. The molecule has 9 heavy (non-hydrogen) atoms. The molecule has 1 aliphatic carbocycles. The number of hydrogen-bond acceptors (Lipinski definition) is 1. The van der Waals surface area contributed by atoms with E-state index in [-0.39, 0.29) is 0 Å². The molecule has 1 nitrogen and oxygen atoms in total. The van der Waals surface area contributed by atoms with Crippen molar-refractivity contribution in [3.8, 4) is 0 Å². The Labute approximate surface area is 64.9 Å². The minimum atomic E-state index is 0.859. The first kappa shape index (κ1) is 7.55. The molecule has 0 saturated heterocycles. The molecule has 0 bridgehead atoms. The lowest BCUT2D eigenvalue weighted by atomic mass is 9.77. The van der Waals surface area contributed by atoms with Crippen molar-refractivity contribution in [3.63, 3.8) is 0 Å². The van der Waals surface area contributed by atoms with Crippen LogP contribution in [0.1, 0.15) is 12.8 Å². The van der Waals surface area contributed by atoms with E-state index in [2.05, 4.69) is 15.9 Å². The maximum atomic E-state index is 5.02. The molecular formula is C7H13BrO. The molecule has 0 amide bonds. The lowest BCUT2D eigenvalue weighted by molar-refractivity contribution is 0.0825. The van der Waals surface area contributed by atoms with Gasteiger partial charge in [0.05, 0.1) is 0 Å². The van der Waals surface area contributed by atoms with Crippen LogP contribution in [0.4, 0.5) is 0 Å². The van der Waals surface area contributed by atoms with Gasteiger partial charge in [0, 0.05) is 19.0 Å². The fourth-order valence-electron chi connectivity index (χ4n) is 1.37. The van der Waals surface area contributed by atoms with Gasteiger partial charge in [0.2, 0.25) is 0 Å². The summed E-state index contributed by atoms with van der Waals surface area (Å²) in [5.74, 6) is 1.79. The number of hydrogen-bond donors (Lipinski definition) is 0. The van der Waals surface area contributed by atoms with Crippen molar-refractivity contribution in [2.45, 2.75) is 12.8 Å². The monoisotopic (exact) mass is 192 g/mol. The summed E-state index contributed by atoms with van der Waals surface area (Å²) in [6.07, 6.45) is 2.72. The van der Waals surface area contributed by atoms with E-state index >= 15 is 0 Å². The minimum absolute atomic E-state index is 0.859. The van der Waals surface area contributed by atoms with E-state index in [0.29, 0.717) is 0 Å². The highest BCUT2D eigenvalue weighted by molar-refractivity contribution is 9.09. The Morgan fingerprint density at radius 3 is 2.56 bits per heavy atom. The van der Waals surface area contributed by atoms with Crippen LogP contribution in [0.2, 0.25) is 0 Å². The van der Waals surface area contributed by atoms with Gasteiger partial charge in [0.25, 0.3) is 0 Å². The summed E-state index contributed by atoms with van der Waals surface area (Å²) in [5.41, 5.74) is 0. The highest BCUT2D eigenvalue weighted by atomic mass is 79.9. The molecule has 0 aromatic rings. The van der Waals surface area contributed by atoms with Gasteiger partial charge in [0.15, 0.2) is 0 Å². The Morgan fingerprint density at radius 1 is 1.44 bits per heavy atom. The highest BCUT2D eigenvalue weighted by Gasteiger charge is 2.27. The molecule has 0 heterocycles. The van der Waals surface area contributed by atoms with E-state index in [0.717, 1.165) is 18.4 Å². The molecule has 0 atom stereocenters. The smallest absolute Gasteiger partial charge is 0.0490 e. The second-order valence-corrected chi connectivity index (χ2v) is 3.46. The Kier molecular flexibility index (Phi) is 2.99. The predicted molar refractivity (Wildman–Crippen MR) is 41.9 cm³/mol. The molecule has 1 fully saturated rings. The zero-order valence-corrected chi connectivity index (χ0v) is 7.36. The summed E-state index contributed by atoms with van der Waals surface area (Å²) in [7, 11) is 1.78. The average molecular weight is 193 g/mol. The van der Waals surface area contributed by atoms with Crippen LogP contribution >= 0.6 is 15.9 Å². The van der Waals surface area contributed by atoms with Crippen molar-refractivity contribution in [3.05, 3.63) is 0 Å². The van der Waals surface area contributed by atoms with Crippen LogP contribution in [-0.2, 0) is 4.74 Å². The molecule has 0 aromatic carbocycles. The fraction of sp³-hybridized carbons (Fsp3) is 1.00. The lowest BCUT2D eigenvalue weighted by Crippen LogP contribution is -2.27. The maximum absolute atomic E-state index is 5.02. The van der Waals surface area contributed by atoms with Gasteiger partial charge in [-0.25, -0.2) is 0 Å². The molecule has 0 spiro atoms. The molecular weight excluding hydrogens is 180 g/mol. The van der Waals surface area contributed by atoms with Crippen molar-refractivity contribution < 1.29 is 4.74 Å². The molecule has 1 saturated carbocycles. The van der Waals surface area contributed by atoms with Crippen LogP contribution in [-0.4, -0.2) is 19.0 Å². The molecule has 54 valence electrons. The van der Waals surface area contributed by atoms with Crippen LogP contribution < -0.4 is 0 Å². The van der Waals surface area contributed by atoms with Crippen molar-refractivity contribution in [2.75, 3.05) is 19.0 Å². The van der Waals surface area contributed by atoms with Crippen LogP contribution in [0.25, 0.3) is 0 Å². The van der Waals surface area contributed by atoms with Gasteiger partial charge in [-0.15, -0.1) is 0 Å². The third kappa shape index (κ3) is 1.94. The van der Waals surface area contributed by atoms with Crippen LogP contribution in [0.3, 0.4) is 0 Å². The van der Waals surface area contributed by atoms with Gasteiger partial charge in [-0.3, -0.25) is 0 Å². The van der Waals surface area contributed by atoms with E-state index < -0.39 is 0 Å². The second kappa shape index (κ2) is 3.57. The molecule has 2 heteroatoms. The van der Waals surface area contributed by atoms with Crippen LogP contribution in [0.15, 0.2) is 0 Å². The highest BCUT2D eigenvalue weighted by Crippen LogP contribution is 2.34. The Hall–Kier alpha value is 0.440. The number of halogens is 1. The third-order valence-corrected chi connectivity index (χ3v) is 2.87. The van der Waals surface area contributed by atoms with Crippen LogP contribution in [0.5, 0.6) is 0 Å². The molecule has 0 radical (unpaired) electrons. The third-order valence-electron chi connectivity index (χ3n) is 1.95. The van der Waals surface area contributed by atoms with E-state index in [9.17, 15) is 0 Å². The quantitative estimate of drug-likeness (QED) is 0.623. The Bertz CT molecular complexity index is 79.0. The van der Waals surface area contributed by atoms with Crippen molar-refractivity contribution in [1.29, 1.82) is 0 Å². The van der Waals surface area contributed by atoms with E-state index in [1.165, 1.54) is 18.2 Å². The number of rotatable bonds is 3. The average Bonchev–Trinajstić information content (AvgIpc) is 1.77. The summed E-state index contributed by atoms with van der Waals surface area (Å²) in [5, 5.41) is 1.17. The summed E-state index contributed by atoms with van der Waals surface area (Å²) in [6.45, 7) is 0.962. The zero-order valence-electron chi connectivity index (χ0n) is 5.77. The largest absolute Gasteiger partial charge is 0.384 e. The SMILES string of the molecule is COCC1CC(CBr)C1. The van der Waals surface area contributed by atoms with E-state index in [1.54, 1.807) is 7.11 Å². The zero-order chi connectivity index (χ0) is 6.69. The standard InChI is InChI=1S/C7H13BrO/c1-9-5-7-2-6(3-7)4-8/h6-7H,2-5H2,1H3. The first-order valence-corrected chi connectivity index (χ1v) is 4.54. The van der Waals surface area contributed by atoms with Crippen molar-refractivity contribution in [1.82, 2.24) is 0 Å². The van der Waals surface area contributed by atoms with Crippen LogP contribution in [0, 0.1) is 11.8 Å². The topological polar surface area (TPSA) is 9.23 Å². The number of methoxy groups -OCH3 is 1. The molecule has 1 rings (SSSR count). The summed E-state index contributed by atoms with van der Waals surface area (Å²) < 4.78 is 5.02. The minimum Gasteiger partial charge on any atom is -0.384 e. The predicted octanol–water partition coefficient (Wildman–Crippen LogP) is 2.05. The van der Waals surface area contributed by atoms with Gasteiger partial charge in [-0.1, -0.05) is 15.9 Å². The van der Waals surface area contributed by atoms with E-state index in [4.69, 9.17) is 4.74 Å². The summed E-state index contributed by atoms with van der Waals surface area (Å²) in [4.78, 5) is 0. The fourth-order valence-corrected chi connectivity index (χ4v) is 1.90. The lowest BCUT2D eigenvalue weighted by Gasteiger charge is -2.33. The summed E-state index contributed by atoms with van der Waals surface area (Å²) in [6, 6.07) is 0. The molecule has 0 N–H and O–H groups in total. The first-order valence-electron chi connectivity index (χ1n) is 3.41. The number of ether oxygens (including phenoxy) is 1. The van der Waals surface area contributed by atoms with Crippen molar-refractivity contribution in [2.24, 2.45) is 11.8 Å². The van der Waals surface area contributed by atoms with E-state index in [1.807, 2.05) is 0 Å². The van der Waals surface area contributed by atoms with Crippen molar-refractivity contribution >= 4 is 15.9 Å².